The van der Waals surface area contributed by atoms with Crippen molar-refractivity contribution in [2.45, 2.75) is 44.4 Å². The molecule has 1 aliphatic rings. The van der Waals surface area contributed by atoms with Crippen LogP contribution in [0.4, 0.5) is 17.6 Å². The van der Waals surface area contributed by atoms with E-state index >= 15 is 0 Å². The molecule has 1 atom stereocenters. The average molecular weight is 492 g/mol. The van der Waals surface area contributed by atoms with E-state index in [0.29, 0.717) is 18.6 Å². The molecule has 11 heteroatoms. The lowest BCUT2D eigenvalue weighted by Gasteiger charge is -2.38. The molecule has 0 radical (unpaired) electrons. The molecule has 0 aliphatic carbocycles. The molecule has 1 aromatic heterocycles. The highest BCUT2D eigenvalue weighted by Gasteiger charge is 2.36. The van der Waals surface area contributed by atoms with Crippen LogP contribution in [-0.2, 0) is 16.8 Å². The second-order valence-electron chi connectivity index (χ2n) is 8.56. The lowest BCUT2D eigenvalue weighted by Crippen LogP contribution is -2.45. The maximum absolute atomic E-state index is 13.5. The number of ether oxygens (including phenoxy) is 1. The van der Waals surface area contributed by atoms with Gasteiger partial charge in [-0.3, -0.25) is 4.79 Å². The van der Waals surface area contributed by atoms with Crippen molar-refractivity contribution in [1.29, 1.82) is 0 Å². The molecule has 1 amide bonds. The Morgan fingerprint density at radius 2 is 1.94 bits per heavy atom. The smallest absolute Gasteiger partial charge is 0.368 e. The minimum absolute atomic E-state index is 0.0842. The van der Waals surface area contributed by atoms with E-state index in [1.165, 1.54) is 24.3 Å². The second-order valence-corrected chi connectivity index (χ2v) is 8.56. The van der Waals surface area contributed by atoms with E-state index < -0.39 is 35.6 Å². The highest BCUT2D eigenvalue weighted by molar-refractivity contribution is 5.96. The summed E-state index contributed by atoms with van der Waals surface area (Å²) in [4.78, 5) is 25.3. The first kappa shape index (κ1) is 24.6. The molecule has 1 unspecified atom stereocenters. The van der Waals surface area contributed by atoms with Crippen LogP contribution in [0.15, 0.2) is 47.3 Å². The Bertz CT molecular complexity index is 1260. The SMILES string of the molecule is Cc1ccc(-n2c(CC(F)(F)F)n[nH]c2=O)cc1C(=O)NCC1(c2ccc(F)cc2)CCCCO1. The Morgan fingerprint density at radius 3 is 2.60 bits per heavy atom. The first-order valence-electron chi connectivity index (χ1n) is 11.1. The minimum atomic E-state index is -4.57. The normalized spacial score (nSPS) is 18.4. The summed E-state index contributed by atoms with van der Waals surface area (Å²) < 4.78 is 59.1. The molecule has 35 heavy (non-hydrogen) atoms. The van der Waals surface area contributed by atoms with Crippen molar-refractivity contribution in [1.82, 2.24) is 20.1 Å². The molecule has 1 fully saturated rings. The molecular weight excluding hydrogens is 468 g/mol. The molecule has 0 bridgehead atoms. The topological polar surface area (TPSA) is 89.0 Å². The van der Waals surface area contributed by atoms with E-state index in [1.54, 1.807) is 25.1 Å². The number of alkyl halides is 3. The largest absolute Gasteiger partial charge is 0.396 e. The van der Waals surface area contributed by atoms with E-state index in [-0.39, 0.29) is 23.6 Å². The fourth-order valence-electron chi connectivity index (χ4n) is 4.28. The number of nitrogens with one attached hydrogen (secondary N) is 2. The standard InChI is InChI=1S/C24H24F4N4O3/c1-15-4-9-18(32-20(13-24(26,27)28)30-31-22(32)34)12-19(15)21(33)29-14-23(10-2-3-11-35-23)16-5-7-17(25)8-6-16/h4-9,12H,2-3,10-11,13-14H2,1H3,(H,29,33)(H,31,34). The van der Waals surface area contributed by atoms with Gasteiger partial charge in [0.2, 0.25) is 0 Å². The monoisotopic (exact) mass is 492 g/mol. The molecule has 0 spiro atoms. The molecule has 0 saturated carbocycles. The van der Waals surface area contributed by atoms with E-state index in [0.717, 1.165) is 23.0 Å². The van der Waals surface area contributed by atoms with Crippen LogP contribution in [-0.4, -0.2) is 40.0 Å². The van der Waals surface area contributed by atoms with Crippen LogP contribution in [0, 0.1) is 12.7 Å². The Morgan fingerprint density at radius 1 is 1.20 bits per heavy atom. The lowest BCUT2D eigenvalue weighted by atomic mass is 9.86. The van der Waals surface area contributed by atoms with Crippen molar-refractivity contribution < 1.29 is 27.1 Å². The number of hydrogen-bond donors (Lipinski definition) is 2. The van der Waals surface area contributed by atoms with E-state index in [4.69, 9.17) is 4.74 Å². The Hall–Kier alpha value is -3.47. The van der Waals surface area contributed by atoms with Crippen LogP contribution >= 0.6 is 0 Å². The highest BCUT2D eigenvalue weighted by atomic mass is 19.4. The number of hydrogen-bond acceptors (Lipinski definition) is 4. The van der Waals surface area contributed by atoms with Crippen molar-refractivity contribution in [2.75, 3.05) is 13.2 Å². The fourth-order valence-corrected chi connectivity index (χ4v) is 4.28. The van der Waals surface area contributed by atoms with Crippen LogP contribution in [0.1, 0.15) is 46.6 Å². The minimum Gasteiger partial charge on any atom is -0.368 e. The maximum atomic E-state index is 13.5. The van der Waals surface area contributed by atoms with Crippen molar-refractivity contribution >= 4 is 5.91 Å². The third kappa shape index (κ3) is 5.45. The van der Waals surface area contributed by atoms with Crippen molar-refractivity contribution in [3.8, 4) is 5.69 Å². The molecule has 1 aliphatic heterocycles. The molecule has 2 aromatic carbocycles. The van der Waals surface area contributed by atoms with E-state index in [1.807, 2.05) is 5.10 Å². The highest BCUT2D eigenvalue weighted by Crippen LogP contribution is 2.35. The summed E-state index contributed by atoms with van der Waals surface area (Å²) in [6.45, 7) is 2.29. The van der Waals surface area contributed by atoms with Crippen molar-refractivity contribution in [3.63, 3.8) is 0 Å². The van der Waals surface area contributed by atoms with E-state index in [2.05, 4.69) is 10.4 Å². The van der Waals surface area contributed by atoms with Crippen LogP contribution in [0.3, 0.4) is 0 Å². The predicted molar refractivity (Wildman–Crippen MR) is 119 cm³/mol. The molecule has 186 valence electrons. The second kappa shape index (κ2) is 9.65. The number of aryl methyl sites for hydroxylation is 1. The van der Waals surface area contributed by atoms with Crippen LogP contribution in [0.5, 0.6) is 0 Å². The summed E-state index contributed by atoms with van der Waals surface area (Å²) in [7, 11) is 0. The van der Waals surface area contributed by atoms with Gasteiger partial charge in [-0.05, 0) is 61.6 Å². The number of halogens is 4. The van der Waals surface area contributed by atoms with Gasteiger partial charge in [0.05, 0.1) is 12.2 Å². The summed E-state index contributed by atoms with van der Waals surface area (Å²) in [5.74, 6) is -1.37. The number of carbonyl (C=O) groups is 1. The third-order valence-electron chi connectivity index (χ3n) is 6.08. The molecule has 7 nitrogen and oxygen atoms in total. The zero-order valence-corrected chi connectivity index (χ0v) is 18.9. The van der Waals surface area contributed by atoms with Gasteiger partial charge in [0.25, 0.3) is 5.91 Å². The van der Waals surface area contributed by atoms with Gasteiger partial charge in [-0.2, -0.15) is 18.3 Å². The number of aromatic amines is 1. The number of carbonyl (C=O) groups excluding carboxylic acids is 1. The summed E-state index contributed by atoms with van der Waals surface area (Å²) >= 11 is 0. The summed E-state index contributed by atoms with van der Waals surface area (Å²) in [5, 5.41) is 8.37. The number of aromatic nitrogens is 3. The van der Waals surface area contributed by atoms with Gasteiger partial charge in [-0.1, -0.05) is 18.2 Å². The predicted octanol–water partition coefficient (Wildman–Crippen LogP) is 3.94. The first-order chi connectivity index (χ1) is 16.6. The quantitative estimate of drug-likeness (QED) is 0.511. The first-order valence-corrected chi connectivity index (χ1v) is 11.1. The van der Waals surface area contributed by atoms with Gasteiger partial charge in [0, 0.05) is 12.2 Å². The van der Waals surface area contributed by atoms with Gasteiger partial charge in [0.15, 0.2) is 0 Å². The van der Waals surface area contributed by atoms with Gasteiger partial charge in [-0.15, -0.1) is 0 Å². The van der Waals surface area contributed by atoms with Crippen LogP contribution in [0.2, 0.25) is 0 Å². The van der Waals surface area contributed by atoms with Gasteiger partial charge >= 0.3 is 11.9 Å². The Labute approximate surface area is 198 Å². The molecule has 4 rings (SSSR count). The summed E-state index contributed by atoms with van der Waals surface area (Å²) in [6.07, 6.45) is -3.60. The van der Waals surface area contributed by atoms with Crippen molar-refractivity contribution in [3.05, 3.63) is 81.3 Å². The van der Waals surface area contributed by atoms with Gasteiger partial charge in [0.1, 0.15) is 23.7 Å². The number of nitrogens with zero attached hydrogens (tertiary/aromatic N) is 2. The molecule has 2 N–H and O–H groups in total. The number of amides is 1. The number of benzene rings is 2. The van der Waals surface area contributed by atoms with E-state index in [9.17, 15) is 27.2 Å². The molecular formula is C24H24F4N4O3. The maximum Gasteiger partial charge on any atom is 0.396 e. The molecule has 3 aromatic rings. The fraction of sp³-hybridized carbons (Fsp3) is 0.375. The zero-order valence-electron chi connectivity index (χ0n) is 18.9. The van der Waals surface area contributed by atoms with Gasteiger partial charge < -0.3 is 10.1 Å². The lowest BCUT2D eigenvalue weighted by molar-refractivity contribution is -0.128. The zero-order chi connectivity index (χ0) is 25.2. The number of rotatable bonds is 6. The molecule has 1 saturated heterocycles. The summed E-state index contributed by atoms with van der Waals surface area (Å²) in [5.41, 5.74) is -0.0781. The number of H-pyrrole nitrogens is 1. The Balaban J connectivity index is 1.60. The van der Waals surface area contributed by atoms with Crippen LogP contribution < -0.4 is 11.0 Å². The van der Waals surface area contributed by atoms with Gasteiger partial charge in [-0.25, -0.2) is 18.9 Å². The summed E-state index contributed by atoms with van der Waals surface area (Å²) in [6, 6.07) is 10.3. The van der Waals surface area contributed by atoms with Crippen LogP contribution in [0.25, 0.3) is 5.69 Å². The van der Waals surface area contributed by atoms with Crippen molar-refractivity contribution in [2.24, 2.45) is 0 Å². The Kier molecular flexibility index (Phi) is 6.79. The molecule has 2 heterocycles. The third-order valence-corrected chi connectivity index (χ3v) is 6.08. The average Bonchev–Trinajstić information content (AvgIpc) is 3.17.